The Kier molecular flexibility index (Phi) is 7.75. The number of hydrogen-bond donors (Lipinski definition) is 1. The van der Waals surface area contributed by atoms with Crippen LogP contribution in [0.5, 0.6) is 0 Å². The number of H-pyrrole nitrogens is 1. The third-order valence-corrected chi connectivity index (χ3v) is 7.75. The van der Waals surface area contributed by atoms with Crippen LogP contribution >= 0.6 is 0 Å². The molecule has 0 aliphatic heterocycles. The fourth-order valence-corrected chi connectivity index (χ4v) is 5.87. The number of rotatable bonds is 10. The van der Waals surface area contributed by atoms with Gasteiger partial charge < -0.3 is 9.55 Å². The highest BCUT2D eigenvalue weighted by molar-refractivity contribution is 5.75. The molecule has 43 heavy (non-hydrogen) atoms. The van der Waals surface area contributed by atoms with Gasteiger partial charge in [-0.3, -0.25) is 13.9 Å². The molecule has 3 aromatic heterocycles. The van der Waals surface area contributed by atoms with Crippen molar-refractivity contribution in [1.29, 1.82) is 0 Å². The molecule has 3 aromatic carbocycles. The second kappa shape index (κ2) is 11.9. The molecule has 0 unspecified atom stereocenters. The van der Waals surface area contributed by atoms with Crippen molar-refractivity contribution in [1.82, 2.24) is 28.7 Å². The second-order valence-electron chi connectivity index (χ2n) is 10.6. The third-order valence-electron chi connectivity index (χ3n) is 7.75. The Morgan fingerprint density at radius 1 is 0.744 bits per heavy atom. The first-order chi connectivity index (χ1) is 21.1. The number of benzene rings is 3. The first kappa shape index (κ1) is 27.9. The van der Waals surface area contributed by atoms with Gasteiger partial charge in [-0.2, -0.15) is 0 Å². The van der Waals surface area contributed by atoms with E-state index < -0.39 is 5.54 Å². The normalized spacial score (nSPS) is 12.0. The van der Waals surface area contributed by atoms with E-state index in [1.807, 2.05) is 50.6 Å². The lowest BCUT2D eigenvalue weighted by Gasteiger charge is -2.37. The van der Waals surface area contributed by atoms with E-state index in [0.29, 0.717) is 36.5 Å². The summed E-state index contributed by atoms with van der Waals surface area (Å²) in [6.07, 6.45) is 8.98. The van der Waals surface area contributed by atoms with Gasteiger partial charge in [-0.25, -0.2) is 14.8 Å². The minimum Gasteiger partial charge on any atom is -0.333 e. The van der Waals surface area contributed by atoms with Gasteiger partial charge in [0, 0.05) is 19.3 Å². The van der Waals surface area contributed by atoms with Gasteiger partial charge in [0.15, 0.2) is 5.65 Å². The van der Waals surface area contributed by atoms with Gasteiger partial charge in [-0.1, -0.05) is 105 Å². The maximum Gasteiger partial charge on any atom is 0.332 e. The molecule has 0 aliphatic rings. The van der Waals surface area contributed by atoms with E-state index in [4.69, 9.17) is 4.98 Å². The van der Waals surface area contributed by atoms with Gasteiger partial charge in [-0.15, -0.1) is 0 Å². The second-order valence-corrected chi connectivity index (χ2v) is 10.6. The Balaban J connectivity index is 1.46. The molecule has 0 radical (unpaired) electrons. The molecule has 6 rings (SSSR count). The number of aromatic nitrogens is 6. The lowest BCUT2D eigenvalue weighted by molar-refractivity contribution is 0.514. The number of aromatic amines is 1. The summed E-state index contributed by atoms with van der Waals surface area (Å²) in [4.78, 5) is 38.7. The van der Waals surface area contributed by atoms with E-state index >= 15 is 0 Å². The molecule has 0 saturated heterocycles. The molecule has 1 N–H and O–H groups in total. The minimum absolute atomic E-state index is 0.318. The van der Waals surface area contributed by atoms with Crippen LogP contribution in [0, 0.1) is 0 Å². The third kappa shape index (κ3) is 4.95. The zero-order valence-electron chi connectivity index (χ0n) is 24.4. The number of hydrogen-bond acceptors (Lipinski definition) is 4. The molecule has 8 heteroatoms. The summed E-state index contributed by atoms with van der Waals surface area (Å²) >= 11 is 0. The van der Waals surface area contributed by atoms with Crippen molar-refractivity contribution >= 4 is 23.3 Å². The highest BCUT2D eigenvalue weighted by Crippen LogP contribution is 2.40. The quantitative estimate of drug-likeness (QED) is 0.207. The average Bonchev–Trinajstić information content (AvgIpc) is 3.70. The zero-order valence-corrected chi connectivity index (χ0v) is 24.4. The Hall–Kier alpha value is -5.24. The number of aryl methyl sites for hydroxylation is 1. The average molecular weight is 571 g/mol. The van der Waals surface area contributed by atoms with Crippen molar-refractivity contribution in [2.45, 2.75) is 45.3 Å². The van der Waals surface area contributed by atoms with E-state index in [9.17, 15) is 9.59 Å². The Labute approximate surface area is 249 Å². The summed E-state index contributed by atoms with van der Waals surface area (Å²) in [5.74, 6) is 0.487. The lowest BCUT2D eigenvalue weighted by Crippen LogP contribution is -2.40. The summed E-state index contributed by atoms with van der Waals surface area (Å²) in [6.45, 7) is 4.80. The minimum atomic E-state index is -0.664. The molecule has 0 aliphatic carbocycles. The van der Waals surface area contributed by atoms with E-state index in [1.54, 1.807) is 10.6 Å². The van der Waals surface area contributed by atoms with Crippen LogP contribution in [0.3, 0.4) is 0 Å². The number of nitrogens with one attached hydrogen (secondary N) is 1. The zero-order chi connectivity index (χ0) is 29.8. The Bertz CT molecular complexity index is 1890. The van der Waals surface area contributed by atoms with Gasteiger partial charge in [0.1, 0.15) is 16.9 Å². The van der Waals surface area contributed by atoms with Gasteiger partial charge >= 0.3 is 5.69 Å². The highest BCUT2D eigenvalue weighted by Gasteiger charge is 2.38. The fraction of sp³-hybridized carbons (Fsp3) is 0.200. The number of nitrogens with zero attached hydrogens (tertiary/aromatic N) is 5. The molecule has 6 aromatic rings. The van der Waals surface area contributed by atoms with E-state index in [1.165, 1.54) is 4.57 Å². The van der Waals surface area contributed by atoms with Crippen LogP contribution in [0.15, 0.2) is 113 Å². The highest BCUT2D eigenvalue weighted by atomic mass is 16.2. The van der Waals surface area contributed by atoms with E-state index in [2.05, 4.69) is 87.3 Å². The van der Waals surface area contributed by atoms with Crippen LogP contribution < -0.4 is 11.2 Å². The van der Waals surface area contributed by atoms with Crippen molar-refractivity contribution in [3.05, 3.63) is 153 Å². The molecular weight excluding hydrogens is 536 g/mol. The molecule has 0 spiro atoms. The van der Waals surface area contributed by atoms with Gasteiger partial charge in [0.05, 0.1) is 12.0 Å². The summed E-state index contributed by atoms with van der Waals surface area (Å²) in [7, 11) is 0. The molecule has 0 amide bonds. The topological polar surface area (TPSA) is 90.5 Å². The van der Waals surface area contributed by atoms with E-state index in [-0.39, 0.29) is 11.2 Å². The van der Waals surface area contributed by atoms with Crippen molar-refractivity contribution in [2.75, 3.05) is 0 Å². The number of imidazole rings is 2. The Morgan fingerprint density at radius 3 is 1.81 bits per heavy atom. The molecule has 0 saturated carbocycles. The van der Waals surface area contributed by atoms with Crippen molar-refractivity contribution < 1.29 is 0 Å². The number of fused-ring (bicyclic) bond motifs is 1. The van der Waals surface area contributed by atoms with Crippen LogP contribution in [-0.2, 0) is 18.6 Å². The maximum absolute atomic E-state index is 13.1. The fourth-order valence-electron chi connectivity index (χ4n) is 5.87. The first-order valence-corrected chi connectivity index (χ1v) is 14.7. The molecular formula is C35H34N6O2. The lowest BCUT2D eigenvalue weighted by atomic mass is 9.77. The predicted molar refractivity (Wildman–Crippen MR) is 171 cm³/mol. The van der Waals surface area contributed by atoms with E-state index in [0.717, 1.165) is 28.8 Å². The molecule has 3 heterocycles. The van der Waals surface area contributed by atoms with Crippen LogP contribution in [0.25, 0.3) is 23.3 Å². The first-order valence-electron chi connectivity index (χ1n) is 14.7. The summed E-state index contributed by atoms with van der Waals surface area (Å²) in [5.41, 5.74) is 3.43. The summed E-state index contributed by atoms with van der Waals surface area (Å²) in [5, 5.41) is 0. The maximum atomic E-state index is 13.1. The van der Waals surface area contributed by atoms with Crippen LogP contribution in [-0.4, -0.2) is 28.7 Å². The standard InChI is InChI=1S/C35H34N6O2/c1-3-22-40-32-31(33(42)41(23-4-2)34(40)43)37-30(38-32)21-20-29-24-39(25-36-29)35(26-14-8-5-9-15-26,27-16-10-6-11-17-27)28-18-12-7-13-19-28/h5-21,24-25H,3-4,22-23H2,1-2H3,(H,37,38). The summed E-state index contributed by atoms with van der Waals surface area (Å²) in [6, 6.07) is 31.3. The largest absolute Gasteiger partial charge is 0.333 e. The van der Waals surface area contributed by atoms with Crippen LogP contribution in [0.4, 0.5) is 0 Å². The monoisotopic (exact) mass is 570 g/mol. The molecule has 8 nitrogen and oxygen atoms in total. The van der Waals surface area contributed by atoms with Crippen LogP contribution in [0.2, 0.25) is 0 Å². The Morgan fingerprint density at radius 2 is 1.28 bits per heavy atom. The molecule has 0 fully saturated rings. The SMILES string of the molecule is CCCn1c(=O)c2[nH]c(C=Cc3cn(C(c4ccccc4)(c4ccccc4)c4ccccc4)cn3)nc2n(CCC)c1=O. The molecule has 216 valence electrons. The molecule has 0 bridgehead atoms. The van der Waals surface area contributed by atoms with Gasteiger partial charge in [0.25, 0.3) is 5.56 Å². The predicted octanol–water partition coefficient (Wildman–Crippen LogP) is 5.91. The molecule has 0 atom stereocenters. The van der Waals surface area contributed by atoms with Crippen molar-refractivity contribution in [3.8, 4) is 0 Å². The van der Waals surface area contributed by atoms with Gasteiger partial charge in [0.2, 0.25) is 0 Å². The van der Waals surface area contributed by atoms with Crippen LogP contribution in [0.1, 0.15) is 54.9 Å². The van der Waals surface area contributed by atoms with Gasteiger partial charge in [-0.05, 0) is 41.7 Å². The summed E-state index contributed by atoms with van der Waals surface area (Å²) < 4.78 is 5.03. The van der Waals surface area contributed by atoms with Crippen molar-refractivity contribution in [2.24, 2.45) is 0 Å². The van der Waals surface area contributed by atoms with Crippen molar-refractivity contribution in [3.63, 3.8) is 0 Å². The smallest absolute Gasteiger partial charge is 0.332 e.